The van der Waals surface area contributed by atoms with Gasteiger partial charge >= 0.3 is 30.2 Å². The van der Waals surface area contributed by atoms with Crippen LogP contribution in [0.3, 0.4) is 0 Å². The van der Waals surface area contributed by atoms with Gasteiger partial charge in [0.25, 0.3) is 23.6 Å². The number of aliphatic carboxylic acids is 2. The summed E-state index contributed by atoms with van der Waals surface area (Å²) in [4.78, 5) is 199. The van der Waals surface area contributed by atoms with Crippen molar-refractivity contribution in [3.8, 4) is 0 Å². The number of alkyl halides is 1. The van der Waals surface area contributed by atoms with E-state index >= 15 is 0 Å². The number of anilines is 1. The third kappa shape index (κ3) is 35.0. The molecule has 42 heteroatoms. The van der Waals surface area contributed by atoms with E-state index in [-0.39, 0.29) is 99.4 Å². The summed E-state index contributed by atoms with van der Waals surface area (Å²) >= 11 is 3.18. The molecule has 0 radical (unpaired) electrons. The summed E-state index contributed by atoms with van der Waals surface area (Å²) in [5, 5.41) is 31.9. The minimum absolute atomic E-state index is 0.0297. The molecular formula is C67H100BrFN14O26. The Labute approximate surface area is 635 Å². The van der Waals surface area contributed by atoms with Crippen molar-refractivity contribution in [2.75, 3.05) is 85.1 Å². The Balaban J connectivity index is 0.000000680. The molecule has 4 saturated heterocycles. The maximum Gasteiger partial charge on any atom is 0.408 e. The van der Waals surface area contributed by atoms with Crippen LogP contribution in [-0.2, 0) is 95.5 Å². The number of aryl methyl sites for hydroxylation is 1. The highest BCUT2D eigenvalue weighted by atomic mass is 79.9. The summed E-state index contributed by atoms with van der Waals surface area (Å²) < 4.78 is 47.7. The SMILES string of the molecule is CC(C)(C)OC(=O)N[C@H](CC(N)=O)C(=O)O.CC(C)(C)OC(=O)N[C@H]1CC(=O)NC1=O.COCCBr.COCCN1C(=O)C[C@H](N)C1=O.COCCN1C(=O)C[C@H](NC(=O)OC(C)(C)C)C1=O.COCCN1C(=O)C[C@H](NC(=O)c2c(C)[nH]c(/C=C3\C(=O)Nc4ccc(F)cc43)c2C)C1=O.NC(=O)C[C@@H](N)C(=O)O. The number of fused-ring (bicyclic) bond motifs is 1. The average molecular weight is 1620 g/mol. The van der Waals surface area contributed by atoms with E-state index in [0.717, 1.165) is 26.6 Å². The van der Waals surface area contributed by atoms with Gasteiger partial charge in [0.05, 0.1) is 102 Å². The number of hydrogen-bond donors (Lipinski definition) is 13. The van der Waals surface area contributed by atoms with E-state index < -0.39 is 131 Å². The summed E-state index contributed by atoms with van der Waals surface area (Å²) in [7, 11) is 6.16. The molecule has 0 bridgehead atoms. The van der Waals surface area contributed by atoms with Crippen molar-refractivity contribution in [2.24, 2.45) is 22.9 Å². The van der Waals surface area contributed by atoms with Gasteiger partial charge in [0.2, 0.25) is 47.3 Å². The highest BCUT2D eigenvalue weighted by Crippen LogP contribution is 2.35. The third-order valence-electron chi connectivity index (χ3n) is 14.2. The third-order valence-corrected chi connectivity index (χ3v) is 14.5. The van der Waals surface area contributed by atoms with E-state index in [1.807, 2.05) is 5.32 Å². The number of aromatic nitrogens is 1. The monoisotopic (exact) mass is 1610 g/mol. The Bertz CT molecular complexity index is 3660. The zero-order valence-electron chi connectivity index (χ0n) is 63.3. The van der Waals surface area contributed by atoms with Gasteiger partial charge in [-0.15, -0.1) is 0 Å². The summed E-state index contributed by atoms with van der Waals surface area (Å²) in [5.41, 5.74) is 20.9. The van der Waals surface area contributed by atoms with Crippen LogP contribution in [0, 0.1) is 19.7 Å². The number of nitrogens with two attached hydrogens (primary N) is 4. The number of benzene rings is 1. The van der Waals surface area contributed by atoms with Crippen LogP contribution in [0.25, 0.3) is 11.6 Å². The summed E-state index contributed by atoms with van der Waals surface area (Å²) in [6.07, 6.45) is -1.58. The number of hydrogen-bond acceptors (Lipinski definition) is 26. The lowest BCUT2D eigenvalue weighted by molar-refractivity contribution is -0.141. The van der Waals surface area contributed by atoms with E-state index in [9.17, 15) is 85.9 Å². The van der Waals surface area contributed by atoms with Crippen LogP contribution in [-0.4, -0.2) is 264 Å². The molecule has 0 spiro atoms. The Morgan fingerprint density at radius 3 is 1.43 bits per heavy atom. The summed E-state index contributed by atoms with van der Waals surface area (Å²) in [6, 6.07) is -1.76. The van der Waals surface area contributed by atoms with E-state index in [4.69, 9.17) is 55.8 Å². The molecule has 15 amide bonds. The van der Waals surface area contributed by atoms with Gasteiger partial charge in [0, 0.05) is 56.4 Å². The first-order chi connectivity index (χ1) is 50.5. The molecule has 4 fully saturated rings. The van der Waals surface area contributed by atoms with Crippen LogP contribution in [0.5, 0.6) is 0 Å². The van der Waals surface area contributed by atoms with E-state index in [1.165, 1.54) is 39.5 Å². The molecule has 6 atom stereocenters. The maximum atomic E-state index is 13.7. The molecule has 0 unspecified atom stereocenters. The van der Waals surface area contributed by atoms with Crippen LogP contribution in [0.4, 0.5) is 24.5 Å². The number of rotatable bonds is 23. The summed E-state index contributed by atoms with van der Waals surface area (Å²) in [5.74, 6) is -8.39. The molecule has 0 saturated carbocycles. The number of aromatic amines is 1. The Morgan fingerprint density at radius 2 is 1.06 bits per heavy atom. The molecule has 17 N–H and O–H groups in total. The Kier molecular flexibility index (Phi) is 40.3. The number of alkyl carbamates (subject to hydrolysis) is 3. The van der Waals surface area contributed by atoms with Crippen LogP contribution in [0.2, 0.25) is 0 Å². The normalized spacial score (nSPS) is 18.0. The minimum atomic E-state index is -1.37. The Morgan fingerprint density at radius 1 is 0.615 bits per heavy atom. The molecule has 6 heterocycles. The molecule has 40 nitrogen and oxygen atoms in total. The second-order valence-electron chi connectivity index (χ2n) is 26.8. The largest absolute Gasteiger partial charge is 0.480 e. The number of ether oxygens (including phenoxy) is 7. The van der Waals surface area contributed by atoms with Gasteiger partial charge in [0.15, 0.2) is 0 Å². The molecule has 7 rings (SSSR count). The first-order valence-corrected chi connectivity index (χ1v) is 34.3. The molecule has 109 heavy (non-hydrogen) atoms. The first kappa shape index (κ1) is 96.6. The number of carbonyl (C=O) groups excluding carboxylic acids is 15. The molecule has 1 aromatic carbocycles. The number of methoxy groups -OCH3 is 4. The number of imide groups is 4. The van der Waals surface area contributed by atoms with Crippen LogP contribution in [0.1, 0.15) is 134 Å². The topological polar surface area (TPSA) is 597 Å². The van der Waals surface area contributed by atoms with Crippen molar-refractivity contribution in [1.29, 1.82) is 0 Å². The molecule has 0 aliphatic carbocycles. The number of nitrogens with zero attached hydrogens (tertiary/aromatic N) is 3. The molecular weight excluding hydrogens is 1520 g/mol. The second-order valence-corrected chi connectivity index (χ2v) is 27.6. The molecule has 2 aromatic rings. The predicted octanol–water partition coefficient (Wildman–Crippen LogP) is -0.162. The van der Waals surface area contributed by atoms with Gasteiger partial charge in [0.1, 0.15) is 52.8 Å². The first-order valence-electron chi connectivity index (χ1n) is 33.2. The number of carboxylic acids is 2. The van der Waals surface area contributed by atoms with Crippen molar-refractivity contribution < 1.29 is 129 Å². The van der Waals surface area contributed by atoms with Gasteiger partial charge < -0.3 is 97.9 Å². The lowest BCUT2D eigenvalue weighted by Gasteiger charge is -2.21. The molecule has 5 aliphatic heterocycles. The van der Waals surface area contributed by atoms with Crippen molar-refractivity contribution in [3.05, 3.63) is 52.1 Å². The number of carboxylic acid groups (broad SMARTS) is 2. The number of primary amides is 2. The van der Waals surface area contributed by atoms with Gasteiger partial charge in [-0.1, -0.05) is 15.9 Å². The molecule has 1 aromatic heterocycles. The van der Waals surface area contributed by atoms with E-state index in [1.54, 1.807) is 89.3 Å². The zero-order valence-corrected chi connectivity index (χ0v) is 64.9. The van der Waals surface area contributed by atoms with E-state index in [0.29, 0.717) is 46.9 Å². The van der Waals surface area contributed by atoms with Gasteiger partial charge in [-0.25, -0.2) is 23.6 Å². The molecule has 5 aliphatic rings. The van der Waals surface area contributed by atoms with Gasteiger partial charge in [-0.05, 0) is 106 Å². The lowest BCUT2D eigenvalue weighted by Crippen LogP contribution is -2.45. The highest BCUT2D eigenvalue weighted by Gasteiger charge is 2.42. The van der Waals surface area contributed by atoms with Crippen molar-refractivity contribution >= 4 is 134 Å². The fourth-order valence-corrected chi connectivity index (χ4v) is 9.62. The number of nitrogens with one attached hydrogen (secondary N) is 7. The summed E-state index contributed by atoms with van der Waals surface area (Å²) in [6.45, 7) is 20.9. The highest BCUT2D eigenvalue weighted by molar-refractivity contribution is 9.09. The number of halogens is 2. The maximum absolute atomic E-state index is 13.7. The van der Waals surface area contributed by atoms with Gasteiger partial charge in [-0.3, -0.25) is 82.3 Å². The van der Waals surface area contributed by atoms with Crippen molar-refractivity contribution in [1.82, 2.24) is 46.3 Å². The fourth-order valence-electron chi connectivity index (χ4n) is 9.29. The van der Waals surface area contributed by atoms with Crippen LogP contribution >= 0.6 is 15.9 Å². The van der Waals surface area contributed by atoms with E-state index in [2.05, 4.69) is 58.0 Å². The fraction of sp³-hybridized carbons (Fsp3) is 0.567. The quantitative estimate of drug-likeness (QED) is 0.0297. The average Bonchev–Trinajstić information content (AvgIpc) is 1.63. The number of likely N-dealkylation sites (tertiary alicyclic amines) is 3. The number of amides is 15. The van der Waals surface area contributed by atoms with Crippen LogP contribution < -0.4 is 54.8 Å². The second kappa shape index (κ2) is 45.4. The predicted molar refractivity (Wildman–Crippen MR) is 386 cm³/mol. The van der Waals surface area contributed by atoms with Crippen molar-refractivity contribution in [3.63, 3.8) is 0 Å². The zero-order chi connectivity index (χ0) is 83.8. The Hall–Kier alpha value is -10.4. The smallest absolute Gasteiger partial charge is 0.408 e. The van der Waals surface area contributed by atoms with Gasteiger partial charge in [-0.2, -0.15) is 0 Å². The minimum Gasteiger partial charge on any atom is -0.480 e. The lowest BCUT2D eigenvalue weighted by atomic mass is 10.0. The number of H-pyrrole nitrogens is 1. The molecule has 608 valence electrons. The van der Waals surface area contributed by atoms with Crippen LogP contribution in [0.15, 0.2) is 18.2 Å². The van der Waals surface area contributed by atoms with Crippen molar-refractivity contribution in [2.45, 2.75) is 168 Å². The standard InChI is InChI=1S/C23H23FN4O5.C12H20N2O5.C9H16N2O5.C9H14N2O4.C7H12N2O3.C4H8N2O3.C3H7BrO/c1-11-17(9-15-14-8-13(24)4-5-16(14)26-21(15)30)25-12(2)20(11)22(31)27-18-10-19(29)28(23(18)32)6-7-33-3;1-12(2,3)19-11(17)13-8-7-9(15)14(10(8)16)5-6-18-4;1-9(2,3)16-8(15)11-5(7(13)14)4-6(10)12;1-9(2,3)15-8(14)10-5-4-6(12)11-7(5)13;1-12-3-2-9-6(10)4-5(8)7(9)11;5-2(4(8)9)1-3(6)7;1-5-3-2-4/h4-5,8-9,18,25H,6-7,10H2,1-3H3,(H,26,30)(H,27,31);8H,5-7H2,1-4H3,(H,13,17);5H,4H2,1-3H3,(H2,10,12)(H,11,15)(H,13,14);5H,4H2,1-3H3,(H,10,14)(H,11,12,13);5H,2-4,8H2,1H3;2H,1,5H2,(H2,6,7)(H,8,9);2-3H2,1H3/b15-9-;;;;;;/t18-;8-;3*5-;2-;/m001001./s1. The number of carbonyl (C=O) groups is 17.